The topological polar surface area (TPSA) is 42.0 Å². The maximum absolute atomic E-state index is 11.8. The van der Waals surface area contributed by atoms with Gasteiger partial charge >= 0.3 is 6.43 Å². The molecule has 0 bridgehead atoms. The van der Waals surface area contributed by atoms with Gasteiger partial charge in [0.05, 0.1) is 5.01 Å². The summed E-state index contributed by atoms with van der Waals surface area (Å²) in [6, 6.07) is 0. The number of alkyl halides is 2. The van der Waals surface area contributed by atoms with Crippen molar-refractivity contribution < 1.29 is 13.6 Å². The molecule has 0 spiro atoms. The highest BCUT2D eigenvalue weighted by Gasteiger charge is 2.16. The van der Waals surface area contributed by atoms with Crippen LogP contribution in [-0.4, -0.2) is 23.9 Å². The van der Waals surface area contributed by atoms with Crippen LogP contribution in [-0.2, 0) is 4.79 Å². The zero-order valence-corrected chi connectivity index (χ0v) is 8.35. The summed E-state index contributed by atoms with van der Waals surface area (Å²) in [5.41, 5.74) is 0. The van der Waals surface area contributed by atoms with E-state index in [1.807, 2.05) is 6.92 Å². The number of amides is 1. The summed E-state index contributed by atoms with van der Waals surface area (Å²) in [5.74, 6) is -1.26. The second kappa shape index (κ2) is 4.99. The molecule has 1 heterocycles. The number of hydrogen-bond donors (Lipinski definition) is 1. The largest absolute Gasteiger partial charge is 0.350 e. The summed E-state index contributed by atoms with van der Waals surface area (Å²) in [6.07, 6.45) is -1.30. The lowest BCUT2D eigenvalue weighted by Crippen LogP contribution is -2.32. The molecule has 14 heavy (non-hydrogen) atoms. The number of halogens is 2. The highest BCUT2D eigenvalue weighted by atomic mass is 32.1. The lowest BCUT2D eigenvalue weighted by Gasteiger charge is -2.09. The minimum Gasteiger partial charge on any atom is -0.350 e. The smallest absolute Gasteiger partial charge is 0.315 e. The predicted octanol–water partition coefficient (Wildman–Crippen LogP) is 1.63. The van der Waals surface area contributed by atoms with Gasteiger partial charge in [0.1, 0.15) is 0 Å². The number of nitrogens with zero attached hydrogens (tertiary/aromatic N) is 1. The first-order chi connectivity index (χ1) is 6.61. The SMILES string of the molecule is CC(CNC(=O)C(F)F)c1nccs1. The molecule has 0 radical (unpaired) electrons. The van der Waals surface area contributed by atoms with E-state index in [0.29, 0.717) is 0 Å². The van der Waals surface area contributed by atoms with Crippen LogP contribution in [0.15, 0.2) is 11.6 Å². The van der Waals surface area contributed by atoms with Gasteiger partial charge in [-0.2, -0.15) is 8.78 Å². The van der Waals surface area contributed by atoms with Crippen LogP contribution in [0.4, 0.5) is 8.78 Å². The zero-order valence-electron chi connectivity index (χ0n) is 7.54. The summed E-state index contributed by atoms with van der Waals surface area (Å²) >= 11 is 1.44. The highest BCUT2D eigenvalue weighted by Crippen LogP contribution is 2.16. The van der Waals surface area contributed by atoms with Crippen molar-refractivity contribution in [3.63, 3.8) is 0 Å². The van der Waals surface area contributed by atoms with Crippen LogP contribution in [0.5, 0.6) is 0 Å². The normalized spacial score (nSPS) is 12.9. The average Bonchev–Trinajstić information content (AvgIpc) is 2.66. The van der Waals surface area contributed by atoms with E-state index in [1.54, 1.807) is 11.6 Å². The van der Waals surface area contributed by atoms with Crippen LogP contribution < -0.4 is 5.32 Å². The molecule has 0 aliphatic carbocycles. The molecule has 0 aliphatic rings. The van der Waals surface area contributed by atoms with E-state index in [4.69, 9.17) is 0 Å². The molecule has 78 valence electrons. The van der Waals surface area contributed by atoms with Crippen LogP contribution in [0, 0.1) is 0 Å². The lowest BCUT2D eigenvalue weighted by molar-refractivity contribution is -0.131. The summed E-state index contributed by atoms with van der Waals surface area (Å²) < 4.78 is 23.6. The van der Waals surface area contributed by atoms with Crippen LogP contribution in [0.2, 0.25) is 0 Å². The molecule has 1 N–H and O–H groups in total. The Hall–Kier alpha value is -1.04. The number of carbonyl (C=O) groups is 1. The van der Waals surface area contributed by atoms with Gasteiger partial charge in [-0.15, -0.1) is 11.3 Å². The first kappa shape index (κ1) is 11.0. The Bertz CT molecular complexity index is 290. The van der Waals surface area contributed by atoms with Gasteiger partial charge in [0, 0.05) is 24.0 Å². The number of hydrogen-bond acceptors (Lipinski definition) is 3. The van der Waals surface area contributed by atoms with Gasteiger partial charge in [-0.25, -0.2) is 4.98 Å². The fourth-order valence-electron chi connectivity index (χ4n) is 0.896. The lowest BCUT2D eigenvalue weighted by atomic mass is 10.2. The maximum atomic E-state index is 11.8. The molecule has 1 amide bonds. The van der Waals surface area contributed by atoms with Crippen molar-refractivity contribution in [2.24, 2.45) is 0 Å². The molecule has 0 saturated carbocycles. The van der Waals surface area contributed by atoms with E-state index in [-0.39, 0.29) is 12.5 Å². The summed E-state index contributed by atoms with van der Waals surface area (Å²) in [4.78, 5) is 14.6. The van der Waals surface area contributed by atoms with Gasteiger partial charge in [-0.1, -0.05) is 6.92 Å². The second-order valence-electron chi connectivity index (χ2n) is 2.82. The first-order valence-electron chi connectivity index (χ1n) is 4.06. The summed E-state index contributed by atoms with van der Waals surface area (Å²) in [6.45, 7) is 2.02. The van der Waals surface area contributed by atoms with Crippen LogP contribution in [0.1, 0.15) is 17.8 Å². The standard InChI is InChI=1S/C8H10F2N2OS/c1-5(8-11-2-3-14-8)4-12-7(13)6(9)10/h2-3,5-6H,4H2,1H3,(H,12,13). The molecule has 1 aromatic rings. The minimum atomic E-state index is -2.95. The summed E-state index contributed by atoms with van der Waals surface area (Å²) in [5, 5.41) is 4.79. The maximum Gasteiger partial charge on any atom is 0.315 e. The average molecular weight is 220 g/mol. The molecule has 6 heteroatoms. The van der Waals surface area contributed by atoms with E-state index in [1.165, 1.54) is 11.3 Å². The van der Waals surface area contributed by atoms with Crippen LogP contribution >= 0.6 is 11.3 Å². The van der Waals surface area contributed by atoms with Crippen molar-refractivity contribution in [1.29, 1.82) is 0 Å². The second-order valence-corrected chi connectivity index (χ2v) is 3.74. The van der Waals surface area contributed by atoms with Gasteiger partial charge in [-0.05, 0) is 0 Å². The monoisotopic (exact) mass is 220 g/mol. The first-order valence-corrected chi connectivity index (χ1v) is 4.94. The zero-order chi connectivity index (χ0) is 10.6. The highest BCUT2D eigenvalue weighted by molar-refractivity contribution is 7.09. The van der Waals surface area contributed by atoms with Gasteiger partial charge in [-0.3, -0.25) is 4.79 Å². The molecule has 1 atom stereocenters. The number of nitrogens with one attached hydrogen (secondary N) is 1. The van der Waals surface area contributed by atoms with Crippen molar-refractivity contribution in [3.05, 3.63) is 16.6 Å². The molecular weight excluding hydrogens is 210 g/mol. The molecule has 0 fully saturated rings. The fourth-order valence-corrected chi connectivity index (χ4v) is 1.59. The molecule has 0 aromatic carbocycles. The predicted molar refractivity (Wildman–Crippen MR) is 49.5 cm³/mol. The van der Waals surface area contributed by atoms with Crippen molar-refractivity contribution >= 4 is 17.2 Å². The Morgan fingerprint density at radius 2 is 2.43 bits per heavy atom. The molecule has 1 unspecified atom stereocenters. The third-order valence-electron chi connectivity index (χ3n) is 1.65. The van der Waals surface area contributed by atoms with Crippen molar-refractivity contribution in [3.8, 4) is 0 Å². The quantitative estimate of drug-likeness (QED) is 0.837. The van der Waals surface area contributed by atoms with E-state index in [0.717, 1.165) is 5.01 Å². The number of rotatable bonds is 4. The Morgan fingerprint density at radius 3 is 2.93 bits per heavy atom. The number of aromatic nitrogens is 1. The number of carbonyl (C=O) groups excluding carboxylic acids is 1. The van der Waals surface area contributed by atoms with Crippen LogP contribution in [0.25, 0.3) is 0 Å². The summed E-state index contributed by atoms with van der Waals surface area (Å²) in [7, 11) is 0. The van der Waals surface area contributed by atoms with Crippen LogP contribution in [0.3, 0.4) is 0 Å². The van der Waals surface area contributed by atoms with Gasteiger partial charge < -0.3 is 5.32 Å². The van der Waals surface area contributed by atoms with Crippen molar-refractivity contribution in [1.82, 2.24) is 10.3 Å². The van der Waals surface area contributed by atoms with E-state index in [9.17, 15) is 13.6 Å². The Morgan fingerprint density at radius 1 is 1.71 bits per heavy atom. The van der Waals surface area contributed by atoms with Crippen molar-refractivity contribution in [2.45, 2.75) is 19.3 Å². The Kier molecular flexibility index (Phi) is 3.94. The Labute approximate surface area is 84.2 Å². The van der Waals surface area contributed by atoms with Crippen molar-refractivity contribution in [2.75, 3.05) is 6.54 Å². The number of thiazole rings is 1. The fraction of sp³-hybridized carbons (Fsp3) is 0.500. The Balaban J connectivity index is 2.36. The molecule has 0 saturated heterocycles. The third-order valence-corrected chi connectivity index (χ3v) is 2.66. The molecule has 0 aliphatic heterocycles. The van der Waals surface area contributed by atoms with Gasteiger partial charge in [0.25, 0.3) is 5.91 Å². The third kappa shape index (κ3) is 3.02. The van der Waals surface area contributed by atoms with Gasteiger partial charge in [0.2, 0.25) is 0 Å². The molecule has 3 nitrogen and oxygen atoms in total. The van der Waals surface area contributed by atoms with E-state index >= 15 is 0 Å². The van der Waals surface area contributed by atoms with Gasteiger partial charge in [0.15, 0.2) is 0 Å². The molecule has 1 rings (SSSR count). The van der Waals surface area contributed by atoms with E-state index in [2.05, 4.69) is 10.3 Å². The van der Waals surface area contributed by atoms with E-state index < -0.39 is 12.3 Å². The minimum absolute atomic E-state index is 0.0299. The molecular formula is C8H10F2N2OS. The molecule has 1 aromatic heterocycles.